The smallest absolute Gasteiger partial charge is 0.0739 e. The number of quaternary nitrogens is 1. The molecule has 0 atom stereocenters. The number of carboxylic acid groups (broad SMARTS) is 1. The Morgan fingerprint density at radius 3 is 2.00 bits per heavy atom. The van der Waals surface area contributed by atoms with Crippen molar-refractivity contribution in [2.45, 2.75) is 39.5 Å². The van der Waals surface area contributed by atoms with Gasteiger partial charge in [-0.05, 0) is 19.8 Å². The molecule has 3 nitrogen and oxygen atoms in total. The number of hydrogen-bond donors (Lipinski definition) is 1. The molecule has 0 fully saturated rings. The zero-order valence-corrected chi connectivity index (χ0v) is 8.86. The maximum absolute atomic E-state index is 8.89. The van der Waals surface area contributed by atoms with Crippen LogP contribution in [0.5, 0.6) is 0 Å². The van der Waals surface area contributed by atoms with Crippen LogP contribution in [-0.2, 0) is 21.3 Å². The van der Waals surface area contributed by atoms with Crippen molar-refractivity contribution < 1.29 is 32.1 Å². The Balaban J connectivity index is -0.000000142. The summed E-state index contributed by atoms with van der Waals surface area (Å²) in [4.78, 5) is 8.89. The van der Waals surface area contributed by atoms with E-state index in [0.717, 1.165) is 13.5 Å². The summed E-state index contributed by atoms with van der Waals surface area (Å²) in [7, 11) is 0. The fourth-order valence-corrected chi connectivity index (χ4v) is 0.604. The Labute approximate surface area is 84.6 Å². The van der Waals surface area contributed by atoms with E-state index in [4.69, 9.17) is 9.90 Å². The maximum Gasteiger partial charge on any atom is 0.0739 e. The van der Waals surface area contributed by atoms with Crippen LogP contribution in [0.15, 0.2) is 0 Å². The Kier molecular flexibility index (Phi) is 25.5. The van der Waals surface area contributed by atoms with Gasteiger partial charge in [0.1, 0.15) is 0 Å². The van der Waals surface area contributed by atoms with E-state index in [1.165, 1.54) is 25.7 Å². The largest absolute Gasteiger partial charge is 0.550 e. The van der Waals surface area contributed by atoms with Crippen LogP contribution in [0.1, 0.15) is 39.5 Å². The molecule has 0 aliphatic carbocycles. The SMILES string of the molecule is CC(=O)[O-].CCCCCC[NH3+].[Ni]. The van der Waals surface area contributed by atoms with Crippen LogP contribution >= 0.6 is 0 Å². The first kappa shape index (κ1) is 17.9. The molecule has 0 aromatic rings. The van der Waals surface area contributed by atoms with E-state index >= 15 is 0 Å². The second-order valence-electron chi connectivity index (χ2n) is 2.41. The molecule has 0 rings (SSSR count). The molecule has 3 N–H and O–H groups in total. The molecule has 0 spiro atoms. The molecule has 0 bridgehead atoms. The van der Waals surface area contributed by atoms with Crippen molar-refractivity contribution in [3.05, 3.63) is 0 Å². The second kappa shape index (κ2) is 17.1. The minimum absolute atomic E-state index is 0. The molecule has 0 aromatic heterocycles. The van der Waals surface area contributed by atoms with E-state index in [1.807, 2.05) is 0 Å². The molecule has 4 heteroatoms. The average Bonchev–Trinajstić information content (AvgIpc) is 1.88. The molecule has 78 valence electrons. The summed E-state index contributed by atoms with van der Waals surface area (Å²) in [6.45, 7) is 4.31. The van der Waals surface area contributed by atoms with Crippen molar-refractivity contribution >= 4 is 5.97 Å². The van der Waals surface area contributed by atoms with Gasteiger partial charge in [-0.15, -0.1) is 0 Å². The first-order valence-electron chi connectivity index (χ1n) is 4.12. The first-order valence-corrected chi connectivity index (χ1v) is 4.12. The van der Waals surface area contributed by atoms with Crippen LogP contribution in [0.4, 0.5) is 0 Å². The van der Waals surface area contributed by atoms with Gasteiger partial charge in [0.15, 0.2) is 0 Å². The van der Waals surface area contributed by atoms with Crippen molar-refractivity contribution in [3.8, 4) is 0 Å². The fraction of sp³-hybridized carbons (Fsp3) is 0.875. The van der Waals surface area contributed by atoms with E-state index in [1.54, 1.807) is 0 Å². The van der Waals surface area contributed by atoms with Crippen LogP contribution < -0.4 is 10.8 Å². The third kappa shape index (κ3) is 51.3. The van der Waals surface area contributed by atoms with Crippen molar-refractivity contribution in [1.82, 2.24) is 0 Å². The van der Waals surface area contributed by atoms with Crippen molar-refractivity contribution in [1.29, 1.82) is 0 Å². The number of aliphatic carboxylic acids is 1. The minimum Gasteiger partial charge on any atom is -0.550 e. The molecule has 0 saturated heterocycles. The van der Waals surface area contributed by atoms with Gasteiger partial charge in [0.25, 0.3) is 0 Å². The van der Waals surface area contributed by atoms with E-state index in [2.05, 4.69) is 12.7 Å². The fourth-order valence-electron chi connectivity index (χ4n) is 0.604. The Morgan fingerprint density at radius 2 is 1.75 bits per heavy atom. The summed E-state index contributed by atoms with van der Waals surface area (Å²) in [5, 5.41) is 8.89. The molecule has 0 unspecified atom stereocenters. The van der Waals surface area contributed by atoms with Gasteiger partial charge in [-0.25, -0.2) is 0 Å². The topological polar surface area (TPSA) is 67.8 Å². The number of hydrogen-bond acceptors (Lipinski definition) is 2. The summed E-state index contributed by atoms with van der Waals surface area (Å²) in [6, 6.07) is 0. The van der Waals surface area contributed by atoms with E-state index < -0.39 is 5.97 Å². The molecule has 0 aromatic carbocycles. The van der Waals surface area contributed by atoms with Crippen LogP contribution in [0.25, 0.3) is 0 Å². The maximum atomic E-state index is 8.89. The third-order valence-electron chi connectivity index (χ3n) is 1.10. The normalized spacial score (nSPS) is 7.58. The van der Waals surface area contributed by atoms with E-state index in [-0.39, 0.29) is 16.5 Å². The Hall–Kier alpha value is -0.0765. The summed E-state index contributed by atoms with van der Waals surface area (Å²) in [6.07, 6.45) is 5.41. The summed E-state index contributed by atoms with van der Waals surface area (Å²) in [5.41, 5.74) is 3.76. The average molecular weight is 220 g/mol. The van der Waals surface area contributed by atoms with Crippen LogP contribution in [0, 0.1) is 0 Å². The zero-order valence-electron chi connectivity index (χ0n) is 7.88. The molecular formula is C8H19NNiO2. The van der Waals surface area contributed by atoms with E-state index in [0.29, 0.717) is 0 Å². The standard InChI is InChI=1S/C6H15N.C2H4O2.Ni/c1-2-3-4-5-6-7;1-2(3)4;/h2-7H2,1H3;1H3,(H,3,4);. The number of carboxylic acids is 1. The number of rotatable bonds is 4. The van der Waals surface area contributed by atoms with Gasteiger partial charge in [0.2, 0.25) is 0 Å². The van der Waals surface area contributed by atoms with Gasteiger partial charge >= 0.3 is 0 Å². The van der Waals surface area contributed by atoms with Crippen LogP contribution in [0.3, 0.4) is 0 Å². The van der Waals surface area contributed by atoms with Crippen LogP contribution in [-0.4, -0.2) is 12.5 Å². The van der Waals surface area contributed by atoms with Crippen molar-refractivity contribution in [2.75, 3.05) is 6.54 Å². The van der Waals surface area contributed by atoms with Gasteiger partial charge in [-0.1, -0.05) is 19.8 Å². The monoisotopic (exact) mass is 219 g/mol. The molecule has 12 heavy (non-hydrogen) atoms. The van der Waals surface area contributed by atoms with E-state index in [9.17, 15) is 0 Å². The quantitative estimate of drug-likeness (QED) is 0.515. The van der Waals surface area contributed by atoms with Gasteiger partial charge in [-0.3, -0.25) is 0 Å². The Bertz CT molecular complexity index is 81.1. The number of carbonyl (C=O) groups excluding carboxylic acids is 1. The zero-order chi connectivity index (χ0) is 9.11. The molecule has 0 saturated carbocycles. The van der Waals surface area contributed by atoms with Gasteiger partial charge in [0, 0.05) is 22.5 Å². The molecule has 0 radical (unpaired) electrons. The molecule has 0 amide bonds. The second-order valence-corrected chi connectivity index (χ2v) is 2.41. The third-order valence-corrected chi connectivity index (χ3v) is 1.10. The molecule has 0 aliphatic rings. The molecular weight excluding hydrogens is 201 g/mol. The van der Waals surface area contributed by atoms with Gasteiger partial charge in [-0.2, -0.15) is 0 Å². The summed E-state index contributed by atoms with van der Waals surface area (Å²) >= 11 is 0. The van der Waals surface area contributed by atoms with Gasteiger partial charge in [0.05, 0.1) is 6.54 Å². The Morgan fingerprint density at radius 1 is 1.33 bits per heavy atom. The van der Waals surface area contributed by atoms with Crippen molar-refractivity contribution in [3.63, 3.8) is 0 Å². The van der Waals surface area contributed by atoms with Crippen LogP contribution in [0.2, 0.25) is 0 Å². The number of unbranched alkanes of at least 4 members (excludes halogenated alkanes) is 3. The number of carbonyl (C=O) groups is 1. The molecule has 0 aliphatic heterocycles. The van der Waals surface area contributed by atoms with Crippen molar-refractivity contribution in [2.24, 2.45) is 0 Å². The summed E-state index contributed by atoms with van der Waals surface area (Å²) in [5.74, 6) is -1.08. The first-order chi connectivity index (χ1) is 5.15. The van der Waals surface area contributed by atoms with Gasteiger partial charge < -0.3 is 15.6 Å². The predicted molar refractivity (Wildman–Crippen MR) is 42.6 cm³/mol. The summed E-state index contributed by atoms with van der Waals surface area (Å²) < 4.78 is 0. The minimum atomic E-state index is -1.08. The predicted octanol–water partition coefficient (Wildman–Crippen LogP) is -0.438. The molecule has 0 heterocycles.